The number of benzene rings is 2. The van der Waals surface area contributed by atoms with E-state index < -0.39 is 5.97 Å². The molecule has 5 heteroatoms. The van der Waals surface area contributed by atoms with Crippen LogP contribution in [-0.4, -0.2) is 24.2 Å². The van der Waals surface area contributed by atoms with Crippen LogP contribution in [0.5, 0.6) is 5.75 Å². The molecule has 0 saturated carbocycles. The van der Waals surface area contributed by atoms with E-state index in [2.05, 4.69) is 5.32 Å². The van der Waals surface area contributed by atoms with Gasteiger partial charge in [-0.25, -0.2) is 9.18 Å². The molecule has 0 aromatic heterocycles. The van der Waals surface area contributed by atoms with E-state index in [0.717, 1.165) is 5.56 Å². The molecule has 0 saturated heterocycles. The lowest BCUT2D eigenvalue weighted by Crippen LogP contribution is -2.20. The molecular weight excluding hydrogens is 273 g/mol. The van der Waals surface area contributed by atoms with E-state index in [9.17, 15) is 9.18 Å². The molecule has 0 radical (unpaired) electrons. The summed E-state index contributed by atoms with van der Waals surface area (Å²) in [6.45, 7) is 1.62. The quantitative estimate of drug-likeness (QED) is 0.769. The molecule has 0 atom stereocenters. The minimum absolute atomic E-state index is 0.228. The Kier molecular flexibility index (Phi) is 5.29. The van der Waals surface area contributed by atoms with Gasteiger partial charge in [0.1, 0.15) is 18.2 Å². The third-order valence-electron chi connectivity index (χ3n) is 2.87. The summed E-state index contributed by atoms with van der Waals surface area (Å²) in [6.07, 6.45) is 0. The number of aromatic carboxylic acids is 1. The Morgan fingerprint density at radius 3 is 2.62 bits per heavy atom. The van der Waals surface area contributed by atoms with Crippen molar-refractivity contribution in [1.82, 2.24) is 5.32 Å². The van der Waals surface area contributed by atoms with Crippen molar-refractivity contribution in [1.29, 1.82) is 0 Å². The van der Waals surface area contributed by atoms with Crippen molar-refractivity contribution < 1.29 is 19.0 Å². The van der Waals surface area contributed by atoms with Gasteiger partial charge in [-0.3, -0.25) is 0 Å². The molecule has 0 bridgehead atoms. The molecular formula is C16H16FNO3. The zero-order valence-corrected chi connectivity index (χ0v) is 11.4. The van der Waals surface area contributed by atoms with E-state index >= 15 is 0 Å². The number of carboxylic acid groups (broad SMARTS) is 1. The van der Waals surface area contributed by atoms with Gasteiger partial charge >= 0.3 is 5.97 Å². The summed E-state index contributed by atoms with van der Waals surface area (Å²) >= 11 is 0. The third-order valence-corrected chi connectivity index (χ3v) is 2.87. The minimum Gasteiger partial charge on any atom is -0.492 e. The molecule has 0 fully saturated rings. The maximum Gasteiger partial charge on any atom is 0.335 e. The Labute approximate surface area is 122 Å². The van der Waals surface area contributed by atoms with Crippen LogP contribution in [0.15, 0.2) is 48.5 Å². The van der Waals surface area contributed by atoms with Crippen LogP contribution in [0.1, 0.15) is 15.9 Å². The summed E-state index contributed by atoms with van der Waals surface area (Å²) in [5, 5.41) is 11.9. The Hall–Kier alpha value is -2.40. The van der Waals surface area contributed by atoms with Gasteiger partial charge in [-0.15, -0.1) is 0 Å². The fourth-order valence-electron chi connectivity index (χ4n) is 1.81. The number of carboxylic acids is 1. The van der Waals surface area contributed by atoms with Crippen LogP contribution < -0.4 is 10.1 Å². The topological polar surface area (TPSA) is 58.6 Å². The van der Waals surface area contributed by atoms with Crippen LogP contribution in [0.4, 0.5) is 4.39 Å². The second kappa shape index (κ2) is 7.40. The number of nitrogens with one attached hydrogen (secondary N) is 1. The molecule has 21 heavy (non-hydrogen) atoms. The fourth-order valence-corrected chi connectivity index (χ4v) is 1.81. The monoisotopic (exact) mass is 289 g/mol. The minimum atomic E-state index is -0.960. The number of hydrogen-bond acceptors (Lipinski definition) is 3. The van der Waals surface area contributed by atoms with E-state index in [0.29, 0.717) is 25.4 Å². The van der Waals surface area contributed by atoms with Crippen LogP contribution >= 0.6 is 0 Å². The molecule has 110 valence electrons. The van der Waals surface area contributed by atoms with Gasteiger partial charge in [-0.2, -0.15) is 0 Å². The van der Waals surface area contributed by atoms with Crippen LogP contribution in [0.25, 0.3) is 0 Å². The lowest BCUT2D eigenvalue weighted by atomic mass is 10.2. The Morgan fingerprint density at radius 2 is 1.95 bits per heavy atom. The van der Waals surface area contributed by atoms with E-state index in [1.165, 1.54) is 24.3 Å². The van der Waals surface area contributed by atoms with E-state index in [4.69, 9.17) is 9.84 Å². The fraction of sp³-hybridized carbons (Fsp3) is 0.188. The van der Waals surface area contributed by atoms with Crippen molar-refractivity contribution in [2.45, 2.75) is 6.54 Å². The molecule has 2 N–H and O–H groups in total. The summed E-state index contributed by atoms with van der Waals surface area (Å²) < 4.78 is 18.4. The second-order valence-electron chi connectivity index (χ2n) is 4.48. The highest BCUT2D eigenvalue weighted by atomic mass is 19.1. The second-order valence-corrected chi connectivity index (χ2v) is 4.48. The number of ether oxygens (including phenoxy) is 1. The molecule has 2 rings (SSSR count). The maximum absolute atomic E-state index is 13.0. The van der Waals surface area contributed by atoms with Crippen molar-refractivity contribution in [2.75, 3.05) is 13.2 Å². The summed E-state index contributed by atoms with van der Waals surface area (Å²) in [4.78, 5) is 10.7. The van der Waals surface area contributed by atoms with E-state index in [-0.39, 0.29) is 11.4 Å². The number of rotatable bonds is 7. The van der Waals surface area contributed by atoms with Crippen LogP contribution in [-0.2, 0) is 6.54 Å². The highest BCUT2D eigenvalue weighted by molar-refractivity contribution is 5.87. The van der Waals surface area contributed by atoms with Gasteiger partial charge in [0, 0.05) is 13.1 Å². The first-order valence-electron chi connectivity index (χ1n) is 6.56. The highest BCUT2D eigenvalue weighted by Gasteiger charge is 2.02. The van der Waals surface area contributed by atoms with Gasteiger partial charge in [0.25, 0.3) is 0 Å². The normalized spacial score (nSPS) is 10.3. The number of hydrogen-bond donors (Lipinski definition) is 2. The van der Waals surface area contributed by atoms with E-state index in [1.54, 1.807) is 18.2 Å². The molecule has 0 aliphatic carbocycles. The lowest BCUT2D eigenvalue weighted by molar-refractivity contribution is 0.0697. The predicted octanol–water partition coefficient (Wildman–Crippen LogP) is 2.69. The standard InChI is InChI=1S/C16H16FNO3/c17-14-3-1-2-12(10-14)11-18-8-9-21-15-6-4-13(5-7-15)16(19)20/h1-7,10,18H,8-9,11H2,(H,19,20). The van der Waals surface area contributed by atoms with Crippen LogP contribution in [0.2, 0.25) is 0 Å². The average molecular weight is 289 g/mol. The Morgan fingerprint density at radius 1 is 1.19 bits per heavy atom. The van der Waals surface area contributed by atoms with Crippen molar-refractivity contribution in [2.24, 2.45) is 0 Å². The molecule has 0 aliphatic rings. The summed E-state index contributed by atoms with van der Waals surface area (Å²) in [6, 6.07) is 12.7. The highest BCUT2D eigenvalue weighted by Crippen LogP contribution is 2.11. The van der Waals surface area contributed by atoms with Crippen LogP contribution in [0, 0.1) is 5.82 Å². The first-order chi connectivity index (χ1) is 10.1. The molecule has 0 unspecified atom stereocenters. The molecule has 2 aromatic carbocycles. The van der Waals surface area contributed by atoms with Crippen molar-refractivity contribution in [3.05, 3.63) is 65.5 Å². The summed E-state index contributed by atoms with van der Waals surface area (Å²) in [5.41, 5.74) is 1.10. The van der Waals surface area contributed by atoms with Gasteiger partial charge in [-0.05, 0) is 42.0 Å². The zero-order valence-electron chi connectivity index (χ0n) is 11.4. The third kappa shape index (κ3) is 4.89. The first kappa shape index (κ1) is 15.0. The van der Waals surface area contributed by atoms with Gasteiger partial charge in [0.2, 0.25) is 0 Å². The molecule has 0 amide bonds. The Balaban J connectivity index is 1.69. The molecule has 0 aliphatic heterocycles. The largest absolute Gasteiger partial charge is 0.492 e. The maximum atomic E-state index is 13.0. The van der Waals surface area contributed by atoms with Crippen molar-refractivity contribution in [3.8, 4) is 5.75 Å². The van der Waals surface area contributed by atoms with Gasteiger partial charge in [0.05, 0.1) is 5.56 Å². The van der Waals surface area contributed by atoms with Crippen LogP contribution in [0.3, 0.4) is 0 Å². The summed E-state index contributed by atoms with van der Waals surface area (Å²) in [7, 11) is 0. The predicted molar refractivity (Wildman–Crippen MR) is 77.0 cm³/mol. The smallest absolute Gasteiger partial charge is 0.335 e. The lowest BCUT2D eigenvalue weighted by Gasteiger charge is -2.08. The molecule has 4 nitrogen and oxygen atoms in total. The Bertz CT molecular complexity index is 599. The van der Waals surface area contributed by atoms with Gasteiger partial charge in [0.15, 0.2) is 0 Å². The zero-order chi connectivity index (χ0) is 15.1. The summed E-state index contributed by atoms with van der Waals surface area (Å²) in [5.74, 6) is -0.588. The molecule has 0 spiro atoms. The number of carbonyl (C=O) groups is 1. The molecule has 0 heterocycles. The first-order valence-corrected chi connectivity index (χ1v) is 6.56. The van der Waals surface area contributed by atoms with E-state index in [1.807, 2.05) is 6.07 Å². The average Bonchev–Trinajstić information content (AvgIpc) is 2.47. The van der Waals surface area contributed by atoms with Crippen molar-refractivity contribution in [3.63, 3.8) is 0 Å². The van der Waals surface area contributed by atoms with Gasteiger partial charge in [-0.1, -0.05) is 12.1 Å². The molecule has 2 aromatic rings. The number of halogens is 1. The SMILES string of the molecule is O=C(O)c1ccc(OCCNCc2cccc(F)c2)cc1. The van der Waals surface area contributed by atoms with Crippen molar-refractivity contribution >= 4 is 5.97 Å². The van der Waals surface area contributed by atoms with Gasteiger partial charge < -0.3 is 15.2 Å².